The van der Waals surface area contributed by atoms with Gasteiger partial charge in [0.25, 0.3) is 15.9 Å². The van der Waals surface area contributed by atoms with Crippen molar-refractivity contribution in [2.45, 2.75) is 13.5 Å². The number of benzene rings is 2. The minimum absolute atomic E-state index is 0.137. The largest absolute Gasteiger partial charge is 0.497 e. The first kappa shape index (κ1) is 28.4. The van der Waals surface area contributed by atoms with Gasteiger partial charge in [-0.05, 0) is 40.9 Å². The predicted octanol–water partition coefficient (Wildman–Crippen LogP) is 2.75. The van der Waals surface area contributed by atoms with E-state index in [1.807, 2.05) is 12.1 Å². The third-order valence-electron chi connectivity index (χ3n) is 3.08. The number of nitrogens with one attached hydrogen (secondary N) is 2. The van der Waals surface area contributed by atoms with Gasteiger partial charge in [-0.2, -0.15) is 13.1 Å². The van der Waals surface area contributed by atoms with Crippen molar-refractivity contribution in [1.29, 1.82) is 0 Å². The molecule has 2 rings (SSSR count). The summed E-state index contributed by atoms with van der Waals surface area (Å²) in [6, 6.07) is 15.1. The van der Waals surface area contributed by atoms with Crippen molar-refractivity contribution in [2.75, 3.05) is 13.7 Å². The fourth-order valence-corrected chi connectivity index (χ4v) is 2.55. The van der Waals surface area contributed by atoms with Gasteiger partial charge < -0.3 is 4.74 Å². The van der Waals surface area contributed by atoms with Gasteiger partial charge in [0, 0.05) is 25.2 Å². The summed E-state index contributed by atoms with van der Waals surface area (Å²) < 4.78 is 32.3. The van der Waals surface area contributed by atoms with E-state index >= 15 is 0 Å². The van der Waals surface area contributed by atoms with Crippen molar-refractivity contribution < 1.29 is 27.7 Å². The zero-order valence-corrected chi connectivity index (χ0v) is 18.9. The molecule has 0 aliphatic carbocycles. The van der Waals surface area contributed by atoms with Crippen molar-refractivity contribution in [3.8, 4) is 5.75 Å². The minimum atomic E-state index is -3.38. The van der Waals surface area contributed by atoms with E-state index in [0.717, 1.165) is 11.3 Å². The second-order valence-corrected chi connectivity index (χ2v) is 7.58. The second kappa shape index (κ2) is 15.3. The molecule has 0 fully saturated rings. The van der Waals surface area contributed by atoms with Crippen LogP contribution in [-0.2, 0) is 26.3 Å². The molecule has 0 unspecified atom stereocenters. The van der Waals surface area contributed by atoms with Gasteiger partial charge in [0.15, 0.2) is 0 Å². The summed E-state index contributed by atoms with van der Waals surface area (Å²) in [6.45, 7) is 2.36. The SMILES string of the molecule is CCNS(=O)(=O)NCc1ccc(OC)cc1.O=C(Cl)C(=O)Cl.O=[N+]([O-])c1ccccc1. The molecule has 0 aliphatic rings. The maximum absolute atomic E-state index is 11.3. The normalized spacial score (nSPS) is 9.94. The van der Waals surface area contributed by atoms with Gasteiger partial charge >= 0.3 is 10.5 Å². The summed E-state index contributed by atoms with van der Waals surface area (Å²) in [5.74, 6) is 0.748. The third kappa shape index (κ3) is 14.1. The topological polar surface area (TPSA) is 145 Å². The quantitative estimate of drug-likeness (QED) is 0.248. The van der Waals surface area contributed by atoms with E-state index in [4.69, 9.17) is 4.74 Å². The summed E-state index contributed by atoms with van der Waals surface area (Å²) in [5.41, 5.74) is 1.01. The van der Waals surface area contributed by atoms with Crippen molar-refractivity contribution in [3.63, 3.8) is 0 Å². The number of carbonyl (C=O) groups is 2. The van der Waals surface area contributed by atoms with Gasteiger partial charge in [-0.25, -0.2) is 4.72 Å². The average Bonchev–Trinajstić information content (AvgIpc) is 2.74. The van der Waals surface area contributed by atoms with Crippen LogP contribution < -0.4 is 14.2 Å². The molecule has 13 heteroatoms. The molecule has 170 valence electrons. The van der Waals surface area contributed by atoms with Gasteiger partial charge in [-0.15, -0.1) is 0 Å². The minimum Gasteiger partial charge on any atom is -0.497 e. The molecule has 0 saturated carbocycles. The van der Waals surface area contributed by atoms with Gasteiger partial charge in [-0.1, -0.05) is 37.3 Å². The number of hydrogen-bond donors (Lipinski definition) is 2. The lowest BCUT2D eigenvalue weighted by atomic mass is 10.2. The van der Waals surface area contributed by atoms with E-state index in [1.165, 1.54) is 12.1 Å². The lowest BCUT2D eigenvalue weighted by Gasteiger charge is -2.07. The lowest BCUT2D eigenvalue weighted by Crippen LogP contribution is -2.35. The highest BCUT2D eigenvalue weighted by Crippen LogP contribution is 2.11. The zero-order chi connectivity index (χ0) is 23.9. The predicted molar refractivity (Wildman–Crippen MR) is 117 cm³/mol. The summed E-state index contributed by atoms with van der Waals surface area (Å²) in [6.07, 6.45) is 0. The molecule has 2 aromatic carbocycles. The van der Waals surface area contributed by atoms with E-state index in [2.05, 4.69) is 32.6 Å². The Kier molecular flexibility index (Phi) is 14.0. The van der Waals surface area contributed by atoms with Gasteiger partial charge in [0.1, 0.15) is 5.75 Å². The second-order valence-electron chi connectivity index (χ2n) is 5.31. The molecule has 10 nitrogen and oxygen atoms in total. The first-order chi connectivity index (χ1) is 14.5. The monoisotopic (exact) mass is 493 g/mol. The number of methoxy groups -OCH3 is 1. The fourth-order valence-electron chi connectivity index (χ4n) is 1.71. The Labute approximate surface area is 189 Å². The molecule has 0 bridgehead atoms. The Hall–Kier alpha value is -2.57. The van der Waals surface area contributed by atoms with Crippen LogP contribution in [-0.4, -0.2) is 37.5 Å². The van der Waals surface area contributed by atoms with E-state index in [1.54, 1.807) is 44.4 Å². The molecule has 0 saturated heterocycles. The number of hydrogen-bond acceptors (Lipinski definition) is 7. The molecule has 0 radical (unpaired) electrons. The van der Waals surface area contributed by atoms with Crippen molar-refractivity contribution >= 4 is 49.6 Å². The molecule has 2 aromatic rings. The van der Waals surface area contributed by atoms with Gasteiger partial charge in [0.2, 0.25) is 0 Å². The molecular formula is C18H21Cl2N3O7S. The summed E-state index contributed by atoms with van der Waals surface area (Å²) in [5, 5.41) is 7.72. The third-order valence-corrected chi connectivity index (χ3v) is 4.71. The lowest BCUT2D eigenvalue weighted by molar-refractivity contribution is -0.384. The summed E-state index contributed by atoms with van der Waals surface area (Å²) in [7, 11) is -1.79. The number of nitro groups is 1. The number of halogens is 2. The van der Waals surface area contributed by atoms with Gasteiger partial charge in [0.05, 0.1) is 12.0 Å². The number of nitrogens with zero attached hydrogens (tertiary/aromatic N) is 1. The highest BCUT2D eigenvalue weighted by molar-refractivity contribution is 7.87. The molecule has 0 amide bonds. The number of rotatable bonds is 8. The number of ether oxygens (including phenoxy) is 1. The first-order valence-electron chi connectivity index (χ1n) is 8.48. The van der Waals surface area contributed by atoms with Crippen molar-refractivity contribution in [1.82, 2.24) is 9.44 Å². The zero-order valence-electron chi connectivity index (χ0n) is 16.6. The highest BCUT2D eigenvalue weighted by atomic mass is 35.5. The van der Waals surface area contributed by atoms with Crippen molar-refractivity contribution in [2.24, 2.45) is 0 Å². The number of para-hydroxylation sites is 1. The Morgan fingerprint density at radius 1 is 1.00 bits per heavy atom. The number of non-ortho nitro benzene ring substituents is 1. The van der Waals surface area contributed by atoms with Crippen LogP contribution in [0.1, 0.15) is 12.5 Å². The molecular weight excluding hydrogens is 473 g/mol. The van der Waals surface area contributed by atoms with Crippen LogP contribution in [0, 0.1) is 10.1 Å². The van der Waals surface area contributed by atoms with E-state index < -0.39 is 25.6 Å². The highest BCUT2D eigenvalue weighted by Gasteiger charge is 2.06. The maximum Gasteiger partial charge on any atom is 0.304 e. The van der Waals surface area contributed by atoms with Crippen LogP contribution in [0.4, 0.5) is 5.69 Å². The van der Waals surface area contributed by atoms with Crippen LogP contribution in [0.2, 0.25) is 0 Å². The van der Waals surface area contributed by atoms with Crippen LogP contribution in [0.5, 0.6) is 5.75 Å². The Bertz CT molecular complexity index is 928. The Morgan fingerprint density at radius 2 is 1.52 bits per heavy atom. The molecule has 0 aliphatic heterocycles. The molecule has 0 aromatic heterocycles. The fraction of sp³-hybridized carbons (Fsp3) is 0.222. The molecule has 0 heterocycles. The molecule has 31 heavy (non-hydrogen) atoms. The summed E-state index contributed by atoms with van der Waals surface area (Å²) in [4.78, 5) is 28.4. The van der Waals surface area contributed by atoms with E-state index in [9.17, 15) is 28.1 Å². The smallest absolute Gasteiger partial charge is 0.304 e. The Balaban J connectivity index is 0.000000503. The van der Waals surface area contributed by atoms with Crippen LogP contribution in [0.25, 0.3) is 0 Å². The molecule has 0 spiro atoms. The molecule has 2 N–H and O–H groups in total. The van der Waals surface area contributed by atoms with Crippen LogP contribution in [0.3, 0.4) is 0 Å². The van der Waals surface area contributed by atoms with E-state index in [-0.39, 0.29) is 12.2 Å². The molecule has 0 atom stereocenters. The standard InChI is InChI=1S/C10H16N2O3S.C6H5NO2.C2Cl2O2/c1-3-11-16(13,14)12-8-9-4-6-10(15-2)7-5-9;8-7(9)6-4-2-1-3-5-6;3-1(5)2(4)6/h4-7,11-12H,3,8H2,1-2H3;1-5H;. The maximum atomic E-state index is 11.3. The summed E-state index contributed by atoms with van der Waals surface area (Å²) >= 11 is 8.98. The number of nitro benzene ring substituents is 1. The average molecular weight is 494 g/mol. The Morgan fingerprint density at radius 3 is 1.87 bits per heavy atom. The van der Waals surface area contributed by atoms with Gasteiger partial charge in [-0.3, -0.25) is 19.7 Å². The van der Waals surface area contributed by atoms with Crippen LogP contribution in [0.15, 0.2) is 54.6 Å². The first-order valence-corrected chi connectivity index (χ1v) is 10.7. The van der Waals surface area contributed by atoms with Crippen LogP contribution >= 0.6 is 23.2 Å². The van der Waals surface area contributed by atoms with E-state index in [0.29, 0.717) is 6.54 Å². The van der Waals surface area contributed by atoms with Crippen molar-refractivity contribution in [3.05, 3.63) is 70.3 Å². The number of carbonyl (C=O) groups excluding carboxylic acids is 2.